The molecule has 0 radical (unpaired) electrons. The van der Waals surface area contributed by atoms with E-state index in [0.717, 1.165) is 0 Å². The van der Waals surface area contributed by atoms with Crippen LogP contribution >= 0.6 is 0 Å². The van der Waals surface area contributed by atoms with Gasteiger partial charge in [0.05, 0.1) is 38.1 Å². The molecule has 2 heterocycles. The molecule has 0 aliphatic carbocycles. The number of rotatable bonds is 5. The second kappa shape index (κ2) is 7.59. The maximum atomic E-state index is 11.0. The van der Waals surface area contributed by atoms with Crippen molar-refractivity contribution in [2.45, 2.75) is 55.7 Å². The van der Waals surface area contributed by atoms with E-state index in [1.54, 1.807) is 0 Å². The maximum absolute atomic E-state index is 11.0. The molecular formula is C12H21NO9. The monoisotopic (exact) mass is 323 g/mol. The molecule has 0 spiro atoms. The van der Waals surface area contributed by atoms with Gasteiger partial charge in [-0.15, -0.1) is 0 Å². The molecular weight excluding hydrogens is 302 g/mol. The van der Waals surface area contributed by atoms with Crippen molar-refractivity contribution >= 4 is 0 Å². The van der Waals surface area contributed by atoms with Crippen molar-refractivity contribution in [3.05, 3.63) is 10.1 Å². The van der Waals surface area contributed by atoms with Gasteiger partial charge in [-0.3, -0.25) is 10.1 Å². The van der Waals surface area contributed by atoms with E-state index in [1.165, 1.54) is 0 Å². The summed E-state index contributed by atoms with van der Waals surface area (Å²) in [6.07, 6.45) is -5.81. The van der Waals surface area contributed by atoms with Crippen molar-refractivity contribution in [1.29, 1.82) is 0 Å². The molecule has 0 aromatic carbocycles. The first-order chi connectivity index (χ1) is 10.5. The largest absolute Gasteiger partial charge is 0.394 e. The molecule has 2 fully saturated rings. The second-order valence-corrected chi connectivity index (χ2v) is 5.50. The highest BCUT2D eigenvalue weighted by Gasteiger charge is 2.46. The van der Waals surface area contributed by atoms with Crippen LogP contribution in [0.15, 0.2) is 0 Å². The summed E-state index contributed by atoms with van der Waals surface area (Å²) >= 11 is 0. The Kier molecular flexibility index (Phi) is 6.03. The minimum atomic E-state index is -1.48. The molecule has 0 aromatic rings. The molecule has 7 atom stereocenters. The number of hydrogen-bond acceptors (Lipinski definition) is 9. The van der Waals surface area contributed by atoms with Gasteiger partial charge >= 0.3 is 0 Å². The van der Waals surface area contributed by atoms with Gasteiger partial charge in [0.1, 0.15) is 6.10 Å². The van der Waals surface area contributed by atoms with Crippen LogP contribution in [0.5, 0.6) is 0 Å². The predicted molar refractivity (Wildman–Crippen MR) is 69.5 cm³/mol. The van der Waals surface area contributed by atoms with E-state index < -0.39 is 54.4 Å². The van der Waals surface area contributed by atoms with Crippen LogP contribution in [0.25, 0.3) is 0 Å². The van der Waals surface area contributed by atoms with Gasteiger partial charge in [0.25, 0.3) is 0 Å². The normalized spacial score (nSPS) is 43.0. The smallest absolute Gasteiger partial charge is 0.246 e. The van der Waals surface area contributed by atoms with Crippen LogP contribution < -0.4 is 0 Å². The van der Waals surface area contributed by atoms with Gasteiger partial charge < -0.3 is 34.6 Å². The Balaban J connectivity index is 1.96. The lowest BCUT2D eigenvalue weighted by Crippen LogP contribution is -2.55. The summed E-state index contributed by atoms with van der Waals surface area (Å²) in [5.41, 5.74) is 0. The molecule has 2 aliphatic rings. The minimum Gasteiger partial charge on any atom is -0.394 e. The lowest BCUT2D eigenvalue weighted by molar-refractivity contribution is -0.552. The molecule has 0 amide bonds. The van der Waals surface area contributed by atoms with E-state index in [0.29, 0.717) is 0 Å². The highest BCUT2D eigenvalue weighted by Crippen LogP contribution is 2.26. The summed E-state index contributed by atoms with van der Waals surface area (Å²) in [4.78, 5) is 10.3. The third-order valence-electron chi connectivity index (χ3n) is 3.91. The zero-order valence-corrected chi connectivity index (χ0v) is 11.9. The van der Waals surface area contributed by atoms with Crippen LogP contribution in [0.4, 0.5) is 0 Å². The Labute approximate surface area is 126 Å². The van der Waals surface area contributed by atoms with E-state index in [2.05, 4.69) is 0 Å². The number of hydrogen-bond donors (Lipinski definition) is 4. The van der Waals surface area contributed by atoms with Crippen LogP contribution in [0.2, 0.25) is 0 Å². The molecule has 22 heavy (non-hydrogen) atoms. The van der Waals surface area contributed by atoms with Crippen LogP contribution in [0, 0.1) is 10.1 Å². The van der Waals surface area contributed by atoms with E-state index in [4.69, 9.17) is 24.4 Å². The zero-order valence-electron chi connectivity index (χ0n) is 11.9. The highest BCUT2D eigenvalue weighted by atomic mass is 16.7. The summed E-state index contributed by atoms with van der Waals surface area (Å²) in [7, 11) is 0. The summed E-state index contributed by atoms with van der Waals surface area (Å²) < 4.78 is 16.0. The molecule has 2 saturated heterocycles. The van der Waals surface area contributed by atoms with E-state index in [-0.39, 0.29) is 26.1 Å². The zero-order chi connectivity index (χ0) is 16.3. The topological polar surface area (TPSA) is 152 Å². The quantitative estimate of drug-likeness (QED) is 0.321. The van der Waals surface area contributed by atoms with Crippen LogP contribution in [-0.4, -0.2) is 88.0 Å². The van der Waals surface area contributed by atoms with Gasteiger partial charge in [-0.25, -0.2) is 0 Å². The average molecular weight is 323 g/mol. The fourth-order valence-corrected chi connectivity index (χ4v) is 2.65. The Morgan fingerprint density at radius 3 is 2.50 bits per heavy atom. The van der Waals surface area contributed by atoms with Gasteiger partial charge in [0.15, 0.2) is 12.4 Å². The van der Waals surface area contributed by atoms with Gasteiger partial charge in [-0.1, -0.05) is 0 Å². The molecule has 0 aromatic heterocycles. The van der Waals surface area contributed by atoms with Crippen molar-refractivity contribution in [2.24, 2.45) is 0 Å². The van der Waals surface area contributed by atoms with Gasteiger partial charge in [0, 0.05) is 17.8 Å². The molecule has 0 saturated carbocycles. The first kappa shape index (κ1) is 17.5. The molecule has 128 valence electrons. The fraction of sp³-hybridized carbons (Fsp3) is 1.00. The molecule has 2 aliphatic heterocycles. The lowest BCUT2D eigenvalue weighted by atomic mass is 10.00. The minimum absolute atomic E-state index is 0.0573. The van der Waals surface area contributed by atoms with Crippen molar-refractivity contribution in [2.75, 3.05) is 19.8 Å². The number of nitro groups is 1. The maximum Gasteiger partial charge on any atom is 0.246 e. The number of aliphatic hydroxyl groups is 4. The van der Waals surface area contributed by atoms with Gasteiger partial charge in [-0.05, 0) is 0 Å². The Morgan fingerprint density at radius 2 is 1.95 bits per heavy atom. The molecule has 0 bridgehead atoms. The summed E-state index contributed by atoms with van der Waals surface area (Å²) in [5, 5.41) is 48.8. The van der Waals surface area contributed by atoms with E-state index in [1.807, 2.05) is 0 Å². The predicted octanol–water partition coefficient (Wildman–Crippen LogP) is -2.37. The summed E-state index contributed by atoms with van der Waals surface area (Å²) in [6, 6.07) is -1.30. The molecule has 4 N–H and O–H groups in total. The average Bonchev–Trinajstić information content (AvgIpc) is 2.49. The second-order valence-electron chi connectivity index (χ2n) is 5.50. The molecule has 0 unspecified atom stereocenters. The fourth-order valence-electron chi connectivity index (χ4n) is 2.65. The van der Waals surface area contributed by atoms with E-state index in [9.17, 15) is 20.3 Å². The Bertz CT molecular complexity index is 382. The van der Waals surface area contributed by atoms with Crippen LogP contribution in [0.1, 0.15) is 12.8 Å². The molecule has 10 heteroatoms. The molecule has 10 nitrogen and oxygen atoms in total. The van der Waals surface area contributed by atoms with Crippen molar-refractivity contribution in [3.63, 3.8) is 0 Å². The van der Waals surface area contributed by atoms with Gasteiger partial charge in [-0.2, -0.15) is 0 Å². The third kappa shape index (κ3) is 3.90. The first-order valence-corrected chi connectivity index (χ1v) is 7.10. The van der Waals surface area contributed by atoms with Crippen molar-refractivity contribution < 1.29 is 39.6 Å². The van der Waals surface area contributed by atoms with Crippen LogP contribution in [-0.2, 0) is 14.2 Å². The Hall–Kier alpha value is -0.880. The summed E-state index contributed by atoms with van der Waals surface area (Å²) in [5.74, 6) is 0. The summed E-state index contributed by atoms with van der Waals surface area (Å²) in [6.45, 7) is -0.693. The van der Waals surface area contributed by atoms with Crippen LogP contribution in [0.3, 0.4) is 0 Å². The molecule has 2 rings (SSSR count). The SMILES string of the molecule is O=[N+]([O-])[C@@H]1C[C@H](CO)O[C@H](O[C@H]2CO[C@H](CO)[C@@H](O)C2)[C@H]1O. The van der Waals surface area contributed by atoms with Crippen molar-refractivity contribution in [1.82, 2.24) is 0 Å². The first-order valence-electron chi connectivity index (χ1n) is 7.10. The lowest BCUT2D eigenvalue weighted by Gasteiger charge is -2.38. The number of ether oxygens (including phenoxy) is 3. The highest BCUT2D eigenvalue weighted by molar-refractivity contribution is 4.84. The number of aliphatic hydroxyl groups excluding tert-OH is 4. The van der Waals surface area contributed by atoms with Crippen molar-refractivity contribution in [3.8, 4) is 0 Å². The van der Waals surface area contributed by atoms with E-state index >= 15 is 0 Å². The standard InChI is InChI=1S/C12H21NO9/c14-3-6-1-8(13(18)19)11(17)12(21-6)22-7-2-9(16)10(4-15)20-5-7/h6-12,14-17H,1-5H2/t6-,7-,8-,9+,10-,11+,12-/m1/s1. The van der Waals surface area contributed by atoms with Gasteiger partial charge in [0.2, 0.25) is 6.04 Å². The Morgan fingerprint density at radius 1 is 1.23 bits per heavy atom. The number of nitrogens with zero attached hydrogens (tertiary/aromatic N) is 1. The third-order valence-corrected chi connectivity index (χ3v) is 3.91.